The summed E-state index contributed by atoms with van der Waals surface area (Å²) in [4.78, 5) is 35.2. The van der Waals surface area contributed by atoms with Crippen molar-refractivity contribution in [3.8, 4) is 0 Å². The highest BCUT2D eigenvalue weighted by molar-refractivity contribution is 6.13. The number of hydrogen-bond acceptors (Lipinski definition) is 5. The number of anilines is 3. The first kappa shape index (κ1) is 17.5. The summed E-state index contributed by atoms with van der Waals surface area (Å²) in [6, 6.07) is 16.1. The lowest BCUT2D eigenvalue weighted by Gasteiger charge is -2.16. The molecule has 1 aliphatic heterocycles. The summed E-state index contributed by atoms with van der Waals surface area (Å²) in [6.07, 6.45) is -0.0901. The number of hydrogen-bond donors (Lipinski definition) is 3. The number of amides is 2. The van der Waals surface area contributed by atoms with Crippen molar-refractivity contribution >= 4 is 45.3 Å². The molecule has 0 bridgehead atoms. The van der Waals surface area contributed by atoms with E-state index in [4.69, 9.17) is 0 Å². The molecule has 0 aromatic heterocycles. The summed E-state index contributed by atoms with van der Waals surface area (Å²) < 4.78 is 0. The van der Waals surface area contributed by atoms with Crippen LogP contribution in [0.5, 0.6) is 0 Å². The molecule has 0 radical (unpaired) electrons. The molecule has 0 aliphatic carbocycles. The van der Waals surface area contributed by atoms with E-state index < -0.39 is 11.0 Å². The third kappa shape index (κ3) is 3.35. The average Bonchev–Trinajstić information content (AvgIpc) is 2.80. The summed E-state index contributed by atoms with van der Waals surface area (Å²) >= 11 is 0. The monoisotopic (exact) mass is 376 g/mol. The van der Waals surface area contributed by atoms with E-state index in [1.165, 1.54) is 24.3 Å². The summed E-state index contributed by atoms with van der Waals surface area (Å²) in [5.74, 6) is -0.679. The summed E-state index contributed by atoms with van der Waals surface area (Å²) in [7, 11) is 0. The largest absolute Gasteiger partial charge is 0.373 e. The first-order valence-electron chi connectivity index (χ1n) is 8.65. The van der Waals surface area contributed by atoms with Crippen LogP contribution in [0.1, 0.15) is 6.42 Å². The van der Waals surface area contributed by atoms with Crippen molar-refractivity contribution in [1.82, 2.24) is 0 Å². The SMILES string of the molecule is O=C(CC1Nc2cccc3cccc(c23)NC1=O)Nc1ccc([N+](=O)[O-])cc1. The Morgan fingerprint density at radius 1 is 1.04 bits per heavy atom. The Morgan fingerprint density at radius 3 is 2.39 bits per heavy atom. The van der Waals surface area contributed by atoms with Crippen molar-refractivity contribution in [1.29, 1.82) is 0 Å². The second-order valence-corrected chi connectivity index (χ2v) is 6.45. The third-order valence-electron chi connectivity index (χ3n) is 4.56. The van der Waals surface area contributed by atoms with E-state index in [9.17, 15) is 19.7 Å². The van der Waals surface area contributed by atoms with Crippen molar-refractivity contribution in [2.24, 2.45) is 0 Å². The van der Waals surface area contributed by atoms with Crippen LogP contribution in [-0.4, -0.2) is 22.8 Å². The molecular formula is C20H16N4O4. The Hall–Kier alpha value is -3.94. The van der Waals surface area contributed by atoms with E-state index in [0.29, 0.717) is 11.4 Å². The van der Waals surface area contributed by atoms with Crippen LogP contribution in [0.2, 0.25) is 0 Å². The molecule has 8 nitrogen and oxygen atoms in total. The summed E-state index contributed by atoms with van der Waals surface area (Å²) in [5.41, 5.74) is 1.84. The molecular weight excluding hydrogens is 360 g/mol. The Kier molecular flexibility index (Phi) is 4.36. The standard InChI is InChI=1S/C20H16N4O4/c25-18(21-13-7-9-14(10-8-13)24(27)28)11-17-20(26)23-16-6-2-4-12-3-1-5-15(22-17)19(12)16/h1-10,17,22H,11H2,(H,21,25)(H,23,26). The van der Waals surface area contributed by atoms with E-state index in [2.05, 4.69) is 16.0 Å². The fourth-order valence-corrected chi connectivity index (χ4v) is 3.25. The Labute approximate surface area is 159 Å². The lowest BCUT2D eigenvalue weighted by molar-refractivity contribution is -0.384. The second-order valence-electron chi connectivity index (χ2n) is 6.45. The Bertz CT molecular complexity index is 1090. The number of nitrogens with one attached hydrogen (secondary N) is 3. The second kappa shape index (κ2) is 6.99. The highest BCUT2D eigenvalue weighted by Crippen LogP contribution is 2.33. The van der Waals surface area contributed by atoms with Gasteiger partial charge in [-0.05, 0) is 29.7 Å². The maximum absolute atomic E-state index is 12.6. The van der Waals surface area contributed by atoms with Gasteiger partial charge in [-0.15, -0.1) is 0 Å². The normalized spacial score (nSPS) is 15.3. The zero-order valence-corrected chi connectivity index (χ0v) is 14.6. The van der Waals surface area contributed by atoms with Crippen molar-refractivity contribution in [2.75, 3.05) is 16.0 Å². The predicted octanol–water partition coefficient (Wildman–Crippen LogP) is 3.51. The van der Waals surface area contributed by atoms with Gasteiger partial charge in [0, 0.05) is 28.9 Å². The lowest BCUT2D eigenvalue weighted by Crippen LogP contribution is -2.36. The van der Waals surface area contributed by atoms with E-state index in [1.54, 1.807) is 0 Å². The van der Waals surface area contributed by atoms with E-state index in [1.807, 2.05) is 36.4 Å². The number of rotatable bonds is 4. The minimum absolute atomic E-state index is 0.0614. The average molecular weight is 376 g/mol. The molecule has 2 amide bonds. The quantitative estimate of drug-likeness (QED) is 0.476. The van der Waals surface area contributed by atoms with E-state index in [0.717, 1.165) is 16.5 Å². The molecule has 1 heterocycles. The first-order valence-corrected chi connectivity index (χ1v) is 8.65. The molecule has 0 saturated heterocycles. The minimum atomic E-state index is -0.754. The van der Waals surface area contributed by atoms with Gasteiger partial charge in [0.2, 0.25) is 11.8 Å². The van der Waals surface area contributed by atoms with Gasteiger partial charge in [0.15, 0.2) is 0 Å². The topological polar surface area (TPSA) is 113 Å². The predicted molar refractivity (Wildman–Crippen MR) is 106 cm³/mol. The van der Waals surface area contributed by atoms with Gasteiger partial charge in [0.1, 0.15) is 6.04 Å². The summed E-state index contributed by atoms with van der Waals surface area (Å²) in [6.45, 7) is 0. The molecule has 1 aliphatic rings. The lowest BCUT2D eigenvalue weighted by atomic mass is 10.1. The molecule has 1 atom stereocenters. The van der Waals surface area contributed by atoms with Crippen LogP contribution in [0, 0.1) is 10.1 Å². The van der Waals surface area contributed by atoms with Crippen molar-refractivity contribution in [3.63, 3.8) is 0 Å². The number of benzene rings is 3. The maximum atomic E-state index is 12.6. The maximum Gasteiger partial charge on any atom is 0.269 e. The van der Waals surface area contributed by atoms with Crippen LogP contribution in [0.4, 0.5) is 22.7 Å². The fraction of sp³-hybridized carbons (Fsp3) is 0.100. The molecule has 0 fully saturated rings. The molecule has 8 heteroatoms. The molecule has 3 aromatic rings. The molecule has 140 valence electrons. The van der Waals surface area contributed by atoms with E-state index in [-0.39, 0.29) is 23.9 Å². The highest BCUT2D eigenvalue weighted by atomic mass is 16.6. The minimum Gasteiger partial charge on any atom is -0.373 e. The molecule has 3 N–H and O–H groups in total. The Morgan fingerprint density at radius 2 is 1.71 bits per heavy atom. The first-order chi connectivity index (χ1) is 13.5. The van der Waals surface area contributed by atoms with Gasteiger partial charge in [-0.2, -0.15) is 0 Å². The van der Waals surface area contributed by atoms with Crippen LogP contribution in [0.3, 0.4) is 0 Å². The van der Waals surface area contributed by atoms with Crippen molar-refractivity contribution < 1.29 is 14.5 Å². The van der Waals surface area contributed by atoms with Crippen molar-refractivity contribution in [3.05, 3.63) is 70.8 Å². The molecule has 0 spiro atoms. The zero-order chi connectivity index (χ0) is 19.7. The van der Waals surface area contributed by atoms with Crippen molar-refractivity contribution in [2.45, 2.75) is 12.5 Å². The number of nitro groups is 1. The van der Waals surface area contributed by atoms with Gasteiger partial charge in [0.25, 0.3) is 5.69 Å². The van der Waals surface area contributed by atoms with Crippen LogP contribution in [0.25, 0.3) is 10.8 Å². The number of non-ortho nitro benzene ring substituents is 1. The number of carbonyl (C=O) groups excluding carboxylic acids is 2. The number of nitro benzene ring substituents is 1. The molecule has 3 aromatic carbocycles. The van der Waals surface area contributed by atoms with Crippen LogP contribution >= 0.6 is 0 Å². The van der Waals surface area contributed by atoms with Gasteiger partial charge in [-0.3, -0.25) is 19.7 Å². The molecule has 0 saturated carbocycles. The number of nitrogens with zero attached hydrogens (tertiary/aromatic N) is 1. The number of carbonyl (C=O) groups is 2. The fourth-order valence-electron chi connectivity index (χ4n) is 3.25. The van der Waals surface area contributed by atoms with E-state index >= 15 is 0 Å². The molecule has 1 unspecified atom stereocenters. The van der Waals surface area contributed by atoms with Gasteiger partial charge in [0.05, 0.1) is 17.0 Å². The van der Waals surface area contributed by atoms with Crippen LogP contribution < -0.4 is 16.0 Å². The third-order valence-corrected chi connectivity index (χ3v) is 4.56. The van der Waals surface area contributed by atoms with Gasteiger partial charge in [-0.1, -0.05) is 24.3 Å². The highest BCUT2D eigenvalue weighted by Gasteiger charge is 2.26. The van der Waals surface area contributed by atoms with Gasteiger partial charge < -0.3 is 16.0 Å². The summed E-state index contributed by atoms with van der Waals surface area (Å²) in [5, 5.41) is 21.3. The Balaban J connectivity index is 1.51. The van der Waals surface area contributed by atoms with Crippen LogP contribution in [0.15, 0.2) is 60.7 Å². The van der Waals surface area contributed by atoms with Gasteiger partial charge >= 0.3 is 0 Å². The van der Waals surface area contributed by atoms with Crippen LogP contribution in [-0.2, 0) is 9.59 Å². The molecule has 28 heavy (non-hydrogen) atoms. The van der Waals surface area contributed by atoms with Gasteiger partial charge in [-0.25, -0.2) is 0 Å². The molecule has 4 rings (SSSR count). The smallest absolute Gasteiger partial charge is 0.269 e. The zero-order valence-electron chi connectivity index (χ0n) is 14.6.